The molecule has 0 bridgehead atoms. The maximum atomic E-state index is 6.12. The van der Waals surface area contributed by atoms with Gasteiger partial charge in [-0.05, 0) is 31.0 Å². The summed E-state index contributed by atoms with van der Waals surface area (Å²) in [4.78, 5) is 8.61. The zero-order chi connectivity index (χ0) is 13.3. The lowest BCUT2D eigenvalue weighted by Crippen LogP contribution is -1.97. The maximum absolute atomic E-state index is 6.12. The summed E-state index contributed by atoms with van der Waals surface area (Å²) in [5.41, 5.74) is 2.82. The predicted molar refractivity (Wildman–Crippen MR) is 79.3 cm³/mol. The van der Waals surface area contributed by atoms with Crippen LogP contribution in [0.4, 0.5) is 0 Å². The molecule has 5 heteroatoms. The largest absolute Gasteiger partial charge is 0.216 e. The number of halogens is 3. The number of aromatic nitrogens is 2. The van der Waals surface area contributed by atoms with Crippen molar-refractivity contribution >= 4 is 39.1 Å². The van der Waals surface area contributed by atoms with Crippen LogP contribution in [-0.4, -0.2) is 9.97 Å². The van der Waals surface area contributed by atoms with Crippen molar-refractivity contribution in [3.63, 3.8) is 0 Å². The number of nitrogens with zero attached hydrogens (tertiary/aromatic N) is 2. The second-order valence-electron chi connectivity index (χ2n) is 3.94. The zero-order valence-corrected chi connectivity index (χ0v) is 13.1. The third-order valence-electron chi connectivity index (χ3n) is 2.63. The quantitative estimate of drug-likeness (QED) is 0.709. The second kappa shape index (κ2) is 5.55. The lowest BCUT2D eigenvalue weighted by Gasteiger charge is -2.08. The van der Waals surface area contributed by atoms with E-state index in [0.29, 0.717) is 22.6 Å². The Labute approximate surface area is 124 Å². The molecule has 0 N–H and O–H groups in total. The van der Waals surface area contributed by atoms with Gasteiger partial charge in [0.05, 0.1) is 0 Å². The standard InChI is InChI=1S/C13H11BrCl2N2/c1-3-8-11(15)17-13(18-12(8)16)9-5-4-7(2)6-10(9)14/h4-6H,3H2,1-2H3. The summed E-state index contributed by atoms with van der Waals surface area (Å²) in [5.74, 6) is 0.536. The molecule has 0 aliphatic rings. The fourth-order valence-electron chi connectivity index (χ4n) is 1.64. The maximum Gasteiger partial charge on any atom is 0.163 e. The Bertz CT molecular complexity index is 577. The number of hydrogen-bond donors (Lipinski definition) is 0. The van der Waals surface area contributed by atoms with Crippen LogP contribution in [0.5, 0.6) is 0 Å². The molecule has 2 nitrogen and oxygen atoms in total. The zero-order valence-electron chi connectivity index (χ0n) is 9.97. The van der Waals surface area contributed by atoms with E-state index < -0.39 is 0 Å². The van der Waals surface area contributed by atoms with Gasteiger partial charge in [0.15, 0.2) is 5.82 Å². The van der Waals surface area contributed by atoms with E-state index in [2.05, 4.69) is 25.9 Å². The van der Waals surface area contributed by atoms with Crippen molar-refractivity contribution < 1.29 is 0 Å². The molecular formula is C13H11BrCl2N2. The fourth-order valence-corrected chi connectivity index (χ4v) is 2.97. The molecule has 18 heavy (non-hydrogen) atoms. The Hall–Kier alpha value is -0.640. The summed E-state index contributed by atoms with van der Waals surface area (Å²) >= 11 is 15.7. The highest BCUT2D eigenvalue weighted by Gasteiger charge is 2.13. The van der Waals surface area contributed by atoms with Gasteiger partial charge in [0, 0.05) is 15.6 Å². The molecule has 0 atom stereocenters. The van der Waals surface area contributed by atoms with Crippen molar-refractivity contribution in [1.82, 2.24) is 9.97 Å². The van der Waals surface area contributed by atoms with Crippen LogP contribution in [0.3, 0.4) is 0 Å². The van der Waals surface area contributed by atoms with Crippen LogP contribution in [0.15, 0.2) is 22.7 Å². The number of aryl methyl sites for hydroxylation is 1. The van der Waals surface area contributed by atoms with Crippen LogP contribution in [0.25, 0.3) is 11.4 Å². The predicted octanol–water partition coefficient (Wildman–Crippen LogP) is 5.08. The van der Waals surface area contributed by atoms with E-state index in [-0.39, 0.29) is 0 Å². The Morgan fingerprint density at radius 1 is 1.17 bits per heavy atom. The van der Waals surface area contributed by atoms with Crippen molar-refractivity contribution in [3.8, 4) is 11.4 Å². The molecule has 0 unspecified atom stereocenters. The average molecular weight is 346 g/mol. The molecule has 0 spiro atoms. The van der Waals surface area contributed by atoms with Gasteiger partial charge in [-0.1, -0.05) is 52.1 Å². The van der Waals surface area contributed by atoms with E-state index in [0.717, 1.165) is 21.2 Å². The number of rotatable bonds is 2. The van der Waals surface area contributed by atoms with Crippen LogP contribution in [-0.2, 0) is 6.42 Å². The van der Waals surface area contributed by atoms with Crippen LogP contribution in [0.1, 0.15) is 18.1 Å². The Kier molecular flexibility index (Phi) is 4.25. The topological polar surface area (TPSA) is 25.8 Å². The first-order valence-corrected chi connectivity index (χ1v) is 7.06. The monoisotopic (exact) mass is 344 g/mol. The molecule has 0 radical (unpaired) electrons. The van der Waals surface area contributed by atoms with Gasteiger partial charge >= 0.3 is 0 Å². The molecule has 2 rings (SSSR count). The summed E-state index contributed by atoms with van der Waals surface area (Å²) in [6.45, 7) is 3.99. The minimum atomic E-state index is 0.417. The smallest absolute Gasteiger partial charge is 0.163 e. The van der Waals surface area contributed by atoms with E-state index in [1.165, 1.54) is 0 Å². The minimum Gasteiger partial charge on any atom is -0.216 e. The molecule has 2 aromatic rings. The van der Waals surface area contributed by atoms with Crippen molar-refractivity contribution in [2.24, 2.45) is 0 Å². The van der Waals surface area contributed by atoms with Crippen LogP contribution in [0, 0.1) is 6.92 Å². The molecule has 1 heterocycles. The molecule has 94 valence electrons. The second-order valence-corrected chi connectivity index (χ2v) is 5.51. The Balaban J connectivity index is 2.58. The molecule has 1 aromatic heterocycles. The summed E-state index contributed by atoms with van der Waals surface area (Å²) in [6.07, 6.45) is 0.715. The molecule has 0 saturated heterocycles. The van der Waals surface area contributed by atoms with E-state index in [1.807, 2.05) is 32.0 Å². The van der Waals surface area contributed by atoms with Crippen molar-refractivity contribution in [1.29, 1.82) is 0 Å². The SMILES string of the molecule is CCc1c(Cl)nc(-c2ccc(C)cc2Br)nc1Cl. The molecule has 0 aliphatic carbocycles. The highest BCUT2D eigenvalue weighted by molar-refractivity contribution is 9.10. The van der Waals surface area contributed by atoms with Gasteiger partial charge < -0.3 is 0 Å². The van der Waals surface area contributed by atoms with Gasteiger partial charge in [0.1, 0.15) is 10.3 Å². The number of hydrogen-bond acceptors (Lipinski definition) is 2. The average Bonchev–Trinajstić information content (AvgIpc) is 2.28. The summed E-state index contributed by atoms with van der Waals surface area (Å²) in [5, 5.41) is 0.833. The highest BCUT2D eigenvalue weighted by atomic mass is 79.9. The molecule has 0 fully saturated rings. The summed E-state index contributed by atoms with van der Waals surface area (Å²) < 4.78 is 0.930. The third kappa shape index (κ3) is 2.68. The minimum absolute atomic E-state index is 0.417. The molecular weight excluding hydrogens is 335 g/mol. The van der Waals surface area contributed by atoms with Crippen molar-refractivity contribution in [3.05, 3.63) is 44.1 Å². The fraction of sp³-hybridized carbons (Fsp3) is 0.231. The van der Waals surface area contributed by atoms with Crippen molar-refractivity contribution in [2.45, 2.75) is 20.3 Å². The Morgan fingerprint density at radius 2 is 1.78 bits per heavy atom. The lowest BCUT2D eigenvalue weighted by molar-refractivity contribution is 1.05. The van der Waals surface area contributed by atoms with Gasteiger partial charge in [-0.25, -0.2) is 9.97 Å². The van der Waals surface area contributed by atoms with Gasteiger partial charge in [0.25, 0.3) is 0 Å². The molecule has 0 saturated carbocycles. The molecule has 0 aliphatic heterocycles. The highest BCUT2D eigenvalue weighted by Crippen LogP contribution is 2.30. The summed E-state index contributed by atoms with van der Waals surface area (Å²) in [7, 11) is 0. The first-order chi connectivity index (χ1) is 8.52. The van der Waals surface area contributed by atoms with Crippen LogP contribution >= 0.6 is 39.1 Å². The molecule has 1 aromatic carbocycles. The van der Waals surface area contributed by atoms with Crippen LogP contribution in [0.2, 0.25) is 10.3 Å². The van der Waals surface area contributed by atoms with Gasteiger partial charge in [-0.3, -0.25) is 0 Å². The Morgan fingerprint density at radius 3 is 2.28 bits per heavy atom. The van der Waals surface area contributed by atoms with Gasteiger partial charge in [-0.2, -0.15) is 0 Å². The van der Waals surface area contributed by atoms with E-state index >= 15 is 0 Å². The first-order valence-electron chi connectivity index (χ1n) is 5.51. The van der Waals surface area contributed by atoms with E-state index in [9.17, 15) is 0 Å². The summed E-state index contributed by atoms with van der Waals surface area (Å²) in [6, 6.07) is 5.96. The van der Waals surface area contributed by atoms with E-state index in [1.54, 1.807) is 0 Å². The normalized spacial score (nSPS) is 10.7. The lowest BCUT2D eigenvalue weighted by atomic mass is 10.1. The van der Waals surface area contributed by atoms with Gasteiger partial charge in [0.2, 0.25) is 0 Å². The van der Waals surface area contributed by atoms with Crippen molar-refractivity contribution in [2.75, 3.05) is 0 Å². The van der Waals surface area contributed by atoms with E-state index in [4.69, 9.17) is 23.2 Å². The van der Waals surface area contributed by atoms with Crippen LogP contribution < -0.4 is 0 Å². The molecule has 0 amide bonds. The number of benzene rings is 1. The first kappa shape index (κ1) is 13.8. The van der Waals surface area contributed by atoms with Gasteiger partial charge in [-0.15, -0.1) is 0 Å². The third-order valence-corrected chi connectivity index (χ3v) is 3.91.